The lowest BCUT2D eigenvalue weighted by molar-refractivity contribution is 0.0696. The molecule has 1 fully saturated rings. The summed E-state index contributed by atoms with van der Waals surface area (Å²) < 4.78 is 11.6. The molecule has 0 saturated carbocycles. The highest BCUT2D eigenvalue weighted by Gasteiger charge is 2.36. The number of phenolic OH excluding ortho intramolecular Hbond substituents is 1. The van der Waals surface area contributed by atoms with E-state index in [1.807, 2.05) is 24.3 Å². The van der Waals surface area contributed by atoms with Crippen LogP contribution in [0.4, 0.5) is 11.4 Å². The van der Waals surface area contributed by atoms with Crippen molar-refractivity contribution in [1.82, 2.24) is 4.90 Å². The van der Waals surface area contributed by atoms with Crippen LogP contribution in [0.25, 0.3) is 0 Å². The second kappa shape index (κ2) is 8.67. The smallest absolute Gasteiger partial charge is 0.335 e. The largest absolute Gasteiger partial charge is 0.506 e. The first-order chi connectivity index (χ1) is 16.0. The third kappa shape index (κ3) is 3.96. The number of aromatic hydroxyl groups is 1. The summed E-state index contributed by atoms with van der Waals surface area (Å²) in [6.45, 7) is 2.74. The second-order valence-corrected chi connectivity index (χ2v) is 8.42. The average molecular weight is 447 g/mol. The lowest BCUT2D eigenvalue weighted by Gasteiger charge is -2.43. The number of anilines is 2. The molecule has 0 atom stereocenters. The maximum absolute atomic E-state index is 11.6. The Kier molecular flexibility index (Phi) is 5.56. The van der Waals surface area contributed by atoms with Crippen molar-refractivity contribution in [2.75, 3.05) is 25.1 Å². The van der Waals surface area contributed by atoms with E-state index in [-0.39, 0.29) is 17.4 Å². The fourth-order valence-corrected chi connectivity index (χ4v) is 4.78. The summed E-state index contributed by atoms with van der Waals surface area (Å²) in [7, 11) is 1.58. The Hall–Kier alpha value is -3.71. The van der Waals surface area contributed by atoms with E-state index in [0.29, 0.717) is 22.9 Å². The van der Waals surface area contributed by atoms with E-state index < -0.39 is 5.97 Å². The molecular formula is C26H26N2O5. The van der Waals surface area contributed by atoms with E-state index in [0.717, 1.165) is 38.2 Å². The Morgan fingerprint density at radius 1 is 1.09 bits per heavy atom. The number of fused-ring (bicyclic) bond motifs is 2. The molecular weight excluding hydrogens is 420 g/mol. The highest BCUT2D eigenvalue weighted by atomic mass is 16.5. The van der Waals surface area contributed by atoms with Crippen LogP contribution in [0.15, 0.2) is 60.7 Å². The first-order valence-corrected chi connectivity index (χ1v) is 11.1. The molecule has 3 aromatic rings. The van der Waals surface area contributed by atoms with Crippen LogP contribution in [0.3, 0.4) is 0 Å². The number of phenols is 1. The van der Waals surface area contributed by atoms with Gasteiger partial charge in [-0.2, -0.15) is 0 Å². The van der Waals surface area contributed by atoms with Crippen LogP contribution in [0.1, 0.15) is 28.8 Å². The Bertz CT molecular complexity index is 1170. The van der Waals surface area contributed by atoms with Crippen LogP contribution in [0.5, 0.6) is 23.0 Å². The van der Waals surface area contributed by atoms with Crippen molar-refractivity contribution in [3.63, 3.8) is 0 Å². The van der Waals surface area contributed by atoms with Crippen molar-refractivity contribution in [1.29, 1.82) is 0 Å². The number of para-hydroxylation sites is 1. The first kappa shape index (κ1) is 21.2. The van der Waals surface area contributed by atoms with Crippen LogP contribution in [0.2, 0.25) is 0 Å². The van der Waals surface area contributed by atoms with Crippen molar-refractivity contribution in [3.05, 3.63) is 71.8 Å². The normalized spacial score (nSPS) is 16.0. The molecule has 2 aliphatic rings. The monoisotopic (exact) mass is 446 g/mol. The van der Waals surface area contributed by atoms with Gasteiger partial charge >= 0.3 is 5.97 Å². The van der Waals surface area contributed by atoms with Crippen molar-refractivity contribution >= 4 is 17.3 Å². The van der Waals surface area contributed by atoms with Crippen molar-refractivity contribution in [2.24, 2.45) is 0 Å². The van der Waals surface area contributed by atoms with E-state index in [9.17, 15) is 15.0 Å². The minimum absolute atomic E-state index is 0.0257. The molecule has 7 nitrogen and oxygen atoms in total. The molecule has 0 aromatic heterocycles. The molecule has 5 rings (SSSR count). The summed E-state index contributed by atoms with van der Waals surface area (Å²) in [5, 5.41) is 20.3. The predicted octanol–water partition coefficient (Wildman–Crippen LogP) is 5.01. The summed E-state index contributed by atoms with van der Waals surface area (Å²) in [5.74, 6) is 0.176. The fraction of sp³-hybridized carbons (Fsp3) is 0.269. The standard InChI is InChI=1S/C26H26N2O5/c1-32-22-9-5-8-20-25(22)33-23-15-18(26(30)31)14-21(29)24(23)28(20)19-10-12-27(13-11-19)16-17-6-3-2-4-7-17/h2-9,14-15,19,29H,10-13,16H2,1H3,(H,30,31). The highest BCUT2D eigenvalue weighted by molar-refractivity contribution is 5.93. The van der Waals surface area contributed by atoms with Gasteiger partial charge < -0.3 is 24.6 Å². The van der Waals surface area contributed by atoms with Crippen molar-refractivity contribution < 1.29 is 24.5 Å². The minimum Gasteiger partial charge on any atom is -0.506 e. The van der Waals surface area contributed by atoms with Crippen molar-refractivity contribution in [3.8, 4) is 23.0 Å². The highest BCUT2D eigenvalue weighted by Crippen LogP contribution is 2.55. The van der Waals surface area contributed by atoms with Crippen LogP contribution < -0.4 is 14.4 Å². The maximum Gasteiger partial charge on any atom is 0.335 e. The number of rotatable bonds is 5. The zero-order valence-electron chi connectivity index (χ0n) is 18.4. The van der Waals surface area contributed by atoms with Gasteiger partial charge in [-0.1, -0.05) is 36.4 Å². The molecule has 7 heteroatoms. The van der Waals surface area contributed by atoms with Crippen LogP contribution in [-0.2, 0) is 6.54 Å². The topological polar surface area (TPSA) is 82.5 Å². The summed E-state index contributed by atoms with van der Waals surface area (Å²) in [5.41, 5.74) is 2.58. The number of aromatic carboxylic acids is 1. The average Bonchev–Trinajstić information content (AvgIpc) is 2.83. The molecule has 2 N–H and O–H groups in total. The molecule has 0 bridgehead atoms. The van der Waals surface area contributed by atoms with E-state index in [1.54, 1.807) is 7.11 Å². The lowest BCUT2D eigenvalue weighted by Crippen LogP contribution is -2.43. The number of carboxylic acids is 1. The van der Waals surface area contributed by atoms with E-state index in [1.165, 1.54) is 17.7 Å². The summed E-state index contributed by atoms with van der Waals surface area (Å²) in [6, 6.07) is 19.0. The van der Waals surface area contributed by atoms with Crippen LogP contribution in [0, 0.1) is 0 Å². The number of hydrogen-bond donors (Lipinski definition) is 2. The van der Waals surface area contributed by atoms with E-state index in [4.69, 9.17) is 9.47 Å². The molecule has 3 aromatic carbocycles. The van der Waals surface area contributed by atoms with Gasteiger partial charge in [0.15, 0.2) is 17.2 Å². The van der Waals surface area contributed by atoms with Gasteiger partial charge in [-0.15, -0.1) is 0 Å². The van der Waals surface area contributed by atoms with Crippen LogP contribution in [-0.4, -0.2) is 47.3 Å². The number of carboxylic acid groups (broad SMARTS) is 1. The van der Waals surface area contributed by atoms with Crippen LogP contribution >= 0.6 is 0 Å². The lowest BCUT2D eigenvalue weighted by atomic mass is 9.98. The van der Waals surface area contributed by atoms with Crippen molar-refractivity contribution in [2.45, 2.75) is 25.4 Å². The van der Waals surface area contributed by atoms with E-state index >= 15 is 0 Å². The fourth-order valence-electron chi connectivity index (χ4n) is 4.78. The summed E-state index contributed by atoms with van der Waals surface area (Å²) >= 11 is 0. The number of hydrogen-bond acceptors (Lipinski definition) is 6. The number of likely N-dealkylation sites (tertiary alicyclic amines) is 1. The number of carbonyl (C=O) groups is 1. The number of nitrogens with zero attached hydrogens (tertiary/aromatic N) is 2. The quantitative estimate of drug-likeness (QED) is 0.570. The predicted molar refractivity (Wildman–Crippen MR) is 125 cm³/mol. The number of methoxy groups -OCH3 is 1. The molecule has 2 heterocycles. The zero-order chi connectivity index (χ0) is 22.9. The van der Waals surface area contributed by atoms with Gasteiger partial charge in [0.1, 0.15) is 11.4 Å². The molecule has 0 aliphatic carbocycles. The Morgan fingerprint density at radius 2 is 1.85 bits per heavy atom. The molecule has 2 aliphatic heterocycles. The van der Waals surface area contributed by atoms with Gasteiger partial charge in [-0.3, -0.25) is 4.90 Å². The number of piperidine rings is 1. The van der Waals surface area contributed by atoms with Gasteiger partial charge in [0.2, 0.25) is 0 Å². The minimum atomic E-state index is -1.12. The Balaban J connectivity index is 1.48. The van der Waals surface area contributed by atoms with Gasteiger partial charge in [0.05, 0.1) is 18.4 Å². The molecule has 33 heavy (non-hydrogen) atoms. The molecule has 0 radical (unpaired) electrons. The molecule has 170 valence electrons. The maximum atomic E-state index is 11.6. The number of ether oxygens (including phenoxy) is 2. The molecule has 0 amide bonds. The third-order valence-electron chi connectivity index (χ3n) is 6.36. The summed E-state index contributed by atoms with van der Waals surface area (Å²) in [6.07, 6.45) is 1.78. The molecule has 1 saturated heterocycles. The van der Waals surface area contributed by atoms with Gasteiger partial charge in [-0.05, 0) is 42.7 Å². The Morgan fingerprint density at radius 3 is 2.55 bits per heavy atom. The molecule has 0 spiro atoms. The van der Waals surface area contributed by atoms with Gasteiger partial charge in [0.25, 0.3) is 0 Å². The Labute approximate surface area is 192 Å². The first-order valence-electron chi connectivity index (χ1n) is 11.1. The third-order valence-corrected chi connectivity index (χ3v) is 6.36. The SMILES string of the molecule is COc1cccc2c1Oc1cc(C(=O)O)cc(O)c1N2C1CCN(Cc2ccccc2)CC1. The second-order valence-electron chi connectivity index (χ2n) is 8.42. The van der Waals surface area contributed by atoms with E-state index in [2.05, 4.69) is 34.1 Å². The number of benzene rings is 3. The zero-order valence-corrected chi connectivity index (χ0v) is 18.4. The summed E-state index contributed by atoms with van der Waals surface area (Å²) in [4.78, 5) is 16.1. The van der Waals surface area contributed by atoms with Gasteiger partial charge in [-0.25, -0.2) is 4.79 Å². The van der Waals surface area contributed by atoms with Gasteiger partial charge in [0, 0.05) is 25.7 Å². The molecule has 0 unspecified atom stereocenters.